The van der Waals surface area contributed by atoms with Crippen molar-refractivity contribution in [3.8, 4) is 0 Å². The number of rotatable bonds is 6. The van der Waals surface area contributed by atoms with Crippen molar-refractivity contribution in [1.29, 1.82) is 0 Å². The molecule has 0 aliphatic carbocycles. The third-order valence-corrected chi connectivity index (χ3v) is 2.23. The molecule has 1 atom stereocenters. The number of hydrogen-bond acceptors (Lipinski definition) is 4. The van der Waals surface area contributed by atoms with Gasteiger partial charge in [-0.15, -0.1) is 0 Å². The average Bonchev–Trinajstić information content (AvgIpc) is 2.37. The van der Waals surface area contributed by atoms with Crippen LogP contribution in [0.25, 0.3) is 0 Å². The largest absolute Gasteiger partial charge is 0.445 e. The van der Waals surface area contributed by atoms with E-state index in [1.54, 1.807) is 0 Å². The molecule has 5 heteroatoms. The molecule has 0 saturated carbocycles. The summed E-state index contributed by atoms with van der Waals surface area (Å²) in [4.78, 5) is 11.3. The first-order valence-electron chi connectivity index (χ1n) is 5.45. The van der Waals surface area contributed by atoms with E-state index in [1.807, 2.05) is 30.3 Å². The van der Waals surface area contributed by atoms with E-state index in [-0.39, 0.29) is 19.8 Å². The SMILES string of the molecule is O=C(NC(CO)CCO)OCc1ccccc1. The first-order valence-corrected chi connectivity index (χ1v) is 5.45. The zero-order chi connectivity index (χ0) is 12.5. The minimum atomic E-state index is -0.596. The Morgan fingerprint density at radius 1 is 1.29 bits per heavy atom. The maximum atomic E-state index is 11.3. The van der Waals surface area contributed by atoms with Crippen LogP contribution >= 0.6 is 0 Å². The number of hydrogen-bond donors (Lipinski definition) is 3. The number of carbonyl (C=O) groups excluding carboxylic acids is 1. The van der Waals surface area contributed by atoms with Crippen LogP contribution in [0.2, 0.25) is 0 Å². The number of aliphatic hydroxyl groups excluding tert-OH is 2. The Bertz CT molecular complexity index is 329. The van der Waals surface area contributed by atoms with Gasteiger partial charge in [0.2, 0.25) is 0 Å². The summed E-state index contributed by atoms with van der Waals surface area (Å²) in [5, 5.41) is 20.1. The van der Waals surface area contributed by atoms with Crippen LogP contribution in [0.4, 0.5) is 4.79 Å². The minimum absolute atomic E-state index is 0.0931. The minimum Gasteiger partial charge on any atom is -0.445 e. The molecule has 0 aliphatic heterocycles. The lowest BCUT2D eigenvalue weighted by atomic mass is 10.2. The lowest BCUT2D eigenvalue weighted by molar-refractivity contribution is 0.125. The van der Waals surface area contributed by atoms with E-state index < -0.39 is 12.1 Å². The highest BCUT2D eigenvalue weighted by molar-refractivity contribution is 5.67. The number of amides is 1. The van der Waals surface area contributed by atoms with Gasteiger partial charge in [0.15, 0.2) is 0 Å². The van der Waals surface area contributed by atoms with Gasteiger partial charge in [-0.05, 0) is 12.0 Å². The molecule has 0 radical (unpaired) electrons. The second-order valence-electron chi connectivity index (χ2n) is 3.60. The molecule has 1 aromatic carbocycles. The van der Waals surface area contributed by atoms with Crippen LogP contribution in [-0.2, 0) is 11.3 Å². The van der Waals surface area contributed by atoms with Crippen molar-refractivity contribution >= 4 is 6.09 Å². The van der Waals surface area contributed by atoms with Gasteiger partial charge in [-0.2, -0.15) is 0 Å². The van der Waals surface area contributed by atoms with Gasteiger partial charge in [0.1, 0.15) is 6.61 Å². The van der Waals surface area contributed by atoms with Crippen LogP contribution in [0.15, 0.2) is 30.3 Å². The van der Waals surface area contributed by atoms with Crippen LogP contribution in [0.3, 0.4) is 0 Å². The highest BCUT2D eigenvalue weighted by Gasteiger charge is 2.11. The number of alkyl carbamates (subject to hydrolysis) is 1. The van der Waals surface area contributed by atoms with Crippen LogP contribution in [-0.4, -0.2) is 35.6 Å². The smallest absolute Gasteiger partial charge is 0.407 e. The van der Waals surface area contributed by atoms with Crippen LogP contribution < -0.4 is 5.32 Å². The van der Waals surface area contributed by atoms with E-state index in [0.29, 0.717) is 6.42 Å². The maximum Gasteiger partial charge on any atom is 0.407 e. The maximum absolute atomic E-state index is 11.3. The van der Waals surface area contributed by atoms with E-state index in [2.05, 4.69) is 5.32 Å². The lowest BCUT2D eigenvalue weighted by Gasteiger charge is -2.14. The van der Waals surface area contributed by atoms with Gasteiger partial charge in [0, 0.05) is 6.61 Å². The Morgan fingerprint density at radius 2 is 2.00 bits per heavy atom. The topological polar surface area (TPSA) is 78.8 Å². The molecule has 0 saturated heterocycles. The monoisotopic (exact) mass is 239 g/mol. The summed E-state index contributed by atoms with van der Waals surface area (Å²) >= 11 is 0. The molecule has 0 aliphatic rings. The molecular formula is C12H17NO4. The molecule has 0 aromatic heterocycles. The fourth-order valence-corrected chi connectivity index (χ4v) is 1.30. The molecule has 0 bridgehead atoms. The van der Waals surface area contributed by atoms with Gasteiger partial charge in [-0.1, -0.05) is 30.3 Å². The molecule has 0 fully saturated rings. The van der Waals surface area contributed by atoms with Gasteiger partial charge >= 0.3 is 6.09 Å². The zero-order valence-corrected chi connectivity index (χ0v) is 9.50. The molecule has 0 heterocycles. The van der Waals surface area contributed by atoms with Crippen molar-refractivity contribution < 1.29 is 19.7 Å². The summed E-state index contributed by atoms with van der Waals surface area (Å²) in [5.41, 5.74) is 0.894. The number of carbonyl (C=O) groups is 1. The van der Waals surface area contributed by atoms with Crippen LogP contribution in [0, 0.1) is 0 Å². The van der Waals surface area contributed by atoms with Crippen LogP contribution in [0.1, 0.15) is 12.0 Å². The second-order valence-corrected chi connectivity index (χ2v) is 3.60. The normalized spacial score (nSPS) is 11.9. The third-order valence-electron chi connectivity index (χ3n) is 2.23. The van der Waals surface area contributed by atoms with Crippen LogP contribution in [0.5, 0.6) is 0 Å². The van der Waals surface area contributed by atoms with Gasteiger partial charge in [0.05, 0.1) is 12.6 Å². The van der Waals surface area contributed by atoms with Crippen molar-refractivity contribution in [3.05, 3.63) is 35.9 Å². The molecule has 1 rings (SSSR count). The molecule has 1 unspecified atom stereocenters. The fraction of sp³-hybridized carbons (Fsp3) is 0.417. The highest BCUT2D eigenvalue weighted by atomic mass is 16.5. The van der Waals surface area contributed by atoms with Crippen molar-refractivity contribution in [2.45, 2.75) is 19.1 Å². The summed E-state index contributed by atoms with van der Waals surface area (Å²) < 4.78 is 4.96. The van der Waals surface area contributed by atoms with Crippen molar-refractivity contribution in [2.24, 2.45) is 0 Å². The van der Waals surface area contributed by atoms with Gasteiger partial charge in [0.25, 0.3) is 0 Å². The van der Waals surface area contributed by atoms with E-state index in [1.165, 1.54) is 0 Å². The standard InChI is InChI=1S/C12H17NO4/c14-7-6-11(8-15)13-12(16)17-9-10-4-2-1-3-5-10/h1-5,11,14-15H,6-9H2,(H,13,16). The Hall–Kier alpha value is -1.59. The molecule has 94 valence electrons. The number of benzene rings is 1. The molecule has 17 heavy (non-hydrogen) atoms. The fourth-order valence-electron chi connectivity index (χ4n) is 1.30. The zero-order valence-electron chi connectivity index (χ0n) is 9.50. The van der Waals surface area contributed by atoms with E-state index in [9.17, 15) is 4.79 Å². The highest BCUT2D eigenvalue weighted by Crippen LogP contribution is 2.01. The third kappa shape index (κ3) is 5.33. The first-order chi connectivity index (χ1) is 8.26. The Balaban J connectivity index is 2.30. The Morgan fingerprint density at radius 3 is 2.59 bits per heavy atom. The summed E-state index contributed by atoms with van der Waals surface area (Å²) in [6.45, 7) is -0.130. The average molecular weight is 239 g/mol. The van der Waals surface area contributed by atoms with Gasteiger partial charge < -0.3 is 20.3 Å². The first kappa shape index (κ1) is 13.5. The summed E-state index contributed by atoms with van der Waals surface area (Å²) in [7, 11) is 0. The summed E-state index contributed by atoms with van der Waals surface area (Å²) in [6, 6.07) is 8.84. The number of ether oxygens (including phenoxy) is 1. The predicted octanol–water partition coefficient (Wildman–Crippen LogP) is 0.656. The Kier molecular flexibility index (Phi) is 6.06. The quantitative estimate of drug-likeness (QED) is 0.681. The predicted molar refractivity (Wildman–Crippen MR) is 62.3 cm³/mol. The van der Waals surface area contributed by atoms with Crippen molar-refractivity contribution in [1.82, 2.24) is 5.32 Å². The summed E-state index contributed by atoms with van der Waals surface area (Å²) in [6.07, 6.45) is -0.293. The lowest BCUT2D eigenvalue weighted by Crippen LogP contribution is -2.38. The molecule has 3 N–H and O–H groups in total. The molecule has 5 nitrogen and oxygen atoms in total. The van der Waals surface area contributed by atoms with E-state index in [4.69, 9.17) is 14.9 Å². The van der Waals surface area contributed by atoms with Gasteiger partial charge in [-0.3, -0.25) is 0 Å². The molecular weight excluding hydrogens is 222 g/mol. The second kappa shape index (κ2) is 7.65. The summed E-state index contributed by atoms with van der Waals surface area (Å²) in [5.74, 6) is 0. The van der Waals surface area contributed by atoms with E-state index >= 15 is 0 Å². The Labute approximate surface area is 100 Å². The molecule has 0 spiro atoms. The van der Waals surface area contributed by atoms with Gasteiger partial charge in [-0.25, -0.2) is 4.79 Å². The molecule has 1 amide bonds. The number of nitrogens with one attached hydrogen (secondary N) is 1. The van der Waals surface area contributed by atoms with Crippen molar-refractivity contribution in [3.63, 3.8) is 0 Å². The van der Waals surface area contributed by atoms with Crippen molar-refractivity contribution in [2.75, 3.05) is 13.2 Å². The molecule has 1 aromatic rings. The number of aliphatic hydroxyl groups is 2. The van der Waals surface area contributed by atoms with E-state index in [0.717, 1.165) is 5.56 Å².